The van der Waals surface area contributed by atoms with Crippen LogP contribution < -0.4 is 15.1 Å². The Kier molecular flexibility index (Phi) is 5.82. The fraction of sp³-hybridized carbons (Fsp3) is 0.632. The van der Waals surface area contributed by atoms with Crippen LogP contribution in [0.15, 0.2) is 24.3 Å². The van der Waals surface area contributed by atoms with E-state index in [1.807, 2.05) is 20.8 Å². The SMILES string of the molecule is Cc1ccc([C@@H](CNC(=O)C(C)(C)C)[NH+]2CC[NH+](C)CC2)cc1. The minimum atomic E-state index is -0.334. The van der Waals surface area contributed by atoms with Gasteiger partial charge in [0.05, 0.1) is 13.6 Å². The monoisotopic (exact) mass is 319 g/mol. The smallest absolute Gasteiger partial charge is 0.225 e. The number of amides is 1. The predicted molar refractivity (Wildman–Crippen MR) is 93.7 cm³/mol. The van der Waals surface area contributed by atoms with Gasteiger partial charge in [0.1, 0.15) is 32.2 Å². The van der Waals surface area contributed by atoms with E-state index >= 15 is 0 Å². The highest BCUT2D eigenvalue weighted by molar-refractivity contribution is 5.81. The summed E-state index contributed by atoms with van der Waals surface area (Å²) in [5, 5.41) is 3.18. The lowest BCUT2D eigenvalue weighted by atomic mass is 9.95. The zero-order valence-corrected chi connectivity index (χ0v) is 15.3. The van der Waals surface area contributed by atoms with Crippen LogP contribution in [0.4, 0.5) is 0 Å². The van der Waals surface area contributed by atoms with Gasteiger partial charge in [0, 0.05) is 11.0 Å². The molecule has 1 aromatic carbocycles. The van der Waals surface area contributed by atoms with Crippen LogP contribution in [0.5, 0.6) is 0 Å². The van der Waals surface area contributed by atoms with E-state index < -0.39 is 0 Å². The number of hydrogen-bond donors (Lipinski definition) is 3. The highest BCUT2D eigenvalue weighted by Gasteiger charge is 2.31. The van der Waals surface area contributed by atoms with Crippen molar-refractivity contribution < 1.29 is 14.6 Å². The minimum absolute atomic E-state index is 0.133. The Morgan fingerprint density at radius 1 is 1.13 bits per heavy atom. The highest BCUT2D eigenvalue weighted by atomic mass is 16.2. The molecule has 2 rings (SSSR count). The van der Waals surface area contributed by atoms with Crippen molar-refractivity contribution in [3.05, 3.63) is 35.4 Å². The fourth-order valence-electron chi connectivity index (χ4n) is 3.10. The van der Waals surface area contributed by atoms with E-state index in [9.17, 15) is 4.79 Å². The van der Waals surface area contributed by atoms with Crippen LogP contribution in [0.25, 0.3) is 0 Å². The maximum atomic E-state index is 12.3. The second-order valence-corrected chi connectivity index (χ2v) is 8.04. The minimum Gasteiger partial charge on any atom is -0.349 e. The molecule has 1 heterocycles. The molecule has 0 unspecified atom stereocenters. The zero-order chi connectivity index (χ0) is 17.0. The lowest BCUT2D eigenvalue weighted by Gasteiger charge is -2.34. The van der Waals surface area contributed by atoms with E-state index in [1.54, 1.807) is 9.80 Å². The number of piperazine rings is 1. The second-order valence-electron chi connectivity index (χ2n) is 8.04. The number of carbonyl (C=O) groups is 1. The van der Waals surface area contributed by atoms with E-state index in [-0.39, 0.29) is 11.3 Å². The van der Waals surface area contributed by atoms with Gasteiger partial charge in [0.15, 0.2) is 0 Å². The van der Waals surface area contributed by atoms with E-state index in [0.717, 1.165) is 13.1 Å². The van der Waals surface area contributed by atoms with E-state index in [4.69, 9.17) is 0 Å². The van der Waals surface area contributed by atoms with Crippen LogP contribution in [-0.2, 0) is 4.79 Å². The normalized spacial score (nSPS) is 23.3. The molecule has 1 aliphatic rings. The molecule has 128 valence electrons. The third-order valence-corrected chi connectivity index (χ3v) is 4.87. The van der Waals surface area contributed by atoms with Crippen molar-refractivity contribution in [1.82, 2.24) is 5.32 Å². The molecule has 1 fully saturated rings. The zero-order valence-electron chi connectivity index (χ0n) is 15.3. The van der Waals surface area contributed by atoms with Crippen molar-refractivity contribution in [3.63, 3.8) is 0 Å². The molecule has 1 aliphatic heterocycles. The molecule has 1 amide bonds. The molecule has 4 heteroatoms. The molecule has 0 saturated carbocycles. The predicted octanol–water partition coefficient (Wildman–Crippen LogP) is -0.388. The van der Waals surface area contributed by atoms with Crippen LogP contribution >= 0.6 is 0 Å². The molecule has 4 nitrogen and oxygen atoms in total. The van der Waals surface area contributed by atoms with Gasteiger partial charge in [0.2, 0.25) is 5.91 Å². The molecule has 0 radical (unpaired) electrons. The number of nitrogens with one attached hydrogen (secondary N) is 3. The molecule has 1 aromatic rings. The lowest BCUT2D eigenvalue weighted by molar-refractivity contribution is -1.02. The highest BCUT2D eigenvalue weighted by Crippen LogP contribution is 2.14. The fourth-order valence-corrected chi connectivity index (χ4v) is 3.10. The summed E-state index contributed by atoms with van der Waals surface area (Å²) in [5.74, 6) is 0.133. The number of quaternary nitrogens is 2. The molecule has 1 atom stereocenters. The Bertz CT molecular complexity index is 510. The summed E-state index contributed by atoms with van der Waals surface area (Å²) in [6.07, 6.45) is 0. The van der Waals surface area contributed by atoms with E-state index in [0.29, 0.717) is 12.6 Å². The average molecular weight is 319 g/mol. The number of rotatable bonds is 4. The number of likely N-dealkylation sites (N-methyl/N-ethyl adjacent to an activating group) is 1. The van der Waals surface area contributed by atoms with Gasteiger partial charge in [-0.1, -0.05) is 50.6 Å². The van der Waals surface area contributed by atoms with Crippen LogP contribution in [0.3, 0.4) is 0 Å². The molecule has 1 saturated heterocycles. The molecule has 0 aliphatic carbocycles. The van der Waals surface area contributed by atoms with E-state index in [2.05, 4.69) is 43.6 Å². The van der Waals surface area contributed by atoms with Gasteiger partial charge in [0.25, 0.3) is 0 Å². The molecule has 0 bridgehead atoms. The summed E-state index contributed by atoms with van der Waals surface area (Å²) in [7, 11) is 2.26. The van der Waals surface area contributed by atoms with Crippen molar-refractivity contribution >= 4 is 5.91 Å². The number of hydrogen-bond acceptors (Lipinski definition) is 1. The third kappa shape index (κ3) is 5.05. The topological polar surface area (TPSA) is 38.0 Å². The van der Waals surface area contributed by atoms with Crippen molar-refractivity contribution in [3.8, 4) is 0 Å². The van der Waals surface area contributed by atoms with Gasteiger partial charge in [-0.15, -0.1) is 0 Å². The van der Waals surface area contributed by atoms with Crippen molar-refractivity contribution in [2.24, 2.45) is 5.41 Å². The first-order valence-electron chi connectivity index (χ1n) is 8.78. The maximum absolute atomic E-state index is 12.3. The van der Waals surface area contributed by atoms with Crippen LogP contribution in [0.2, 0.25) is 0 Å². The van der Waals surface area contributed by atoms with Crippen LogP contribution in [-0.4, -0.2) is 45.7 Å². The third-order valence-electron chi connectivity index (χ3n) is 4.87. The standard InChI is InChI=1S/C19H31N3O/c1-15-6-8-16(9-7-15)17(14-20-18(23)19(2,3)4)22-12-10-21(5)11-13-22/h6-9,17H,10-14H2,1-5H3,(H,20,23)/p+2/t17-/m1/s1. The molecule has 0 aromatic heterocycles. The maximum Gasteiger partial charge on any atom is 0.225 e. The first kappa shape index (κ1) is 18.0. The number of aryl methyl sites for hydroxylation is 1. The first-order chi connectivity index (χ1) is 10.8. The van der Waals surface area contributed by atoms with Crippen molar-refractivity contribution in [2.45, 2.75) is 33.7 Å². The molecule has 3 N–H and O–H groups in total. The van der Waals surface area contributed by atoms with E-state index in [1.165, 1.54) is 24.2 Å². The average Bonchev–Trinajstić information content (AvgIpc) is 2.49. The van der Waals surface area contributed by atoms with Gasteiger partial charge in [-0.3, -0.25) is 4.79 Å². The molecular formula is C19H33N3O+2. The quantitative estimate of drug-likeness (QED) is 0.695. The summed E-state index contributed by atoms with van der Waals surface area (Å²) in [5.41, 5.74) is 2.28. The molecule has 0 spiro atoms. The summed E-state index contributed by atoms with van der Waals surface area (Å²) in [6.45, 7) is 13.5. The van der Waals surface area contributed by atoms with Gasteiger partial charge in [-0.05, 0) is 6.92 Å². The van der Waals surface area contributed by atoms with Gasteiger partial charge in [-0.25, -0.2) is 0 Å². The number of carbonyl (C=O) groups excluding carboxylic acids is 1. The summed E-state index contributed by atoms with van der Waals surface area (Å²) < 4.78 is 0. The summed E-state index contributed by atoms with van der Waals surface area (Å²) >= 11 is 0. The Hall–Kier alpha value is -1.39. The first-order valence-corrected chi connectivity index (χ1v) is 8.78. The second kappa shape index (κ2) is 7.45. The van der Waals surface area contributed by atoms with Crippen LogP contribution in [0, 0.1) is 12.3 Å². The van der Waals surface area contributed by atoms with Gasteiger partial charge in [-0.2, -0.15) is 0 Å². The van der Waals surface area contributed by atoms with Gasteiger partial charge < -0.3 is 15.1 Å². The summed E-state index contributed by atoms with van der Waals surface area (Å²) in [4.78, 5) is 15.5. The molecule has 23 heavy (non-hydrogen) atoms. The Morgan fingerprint density at radius 2 is 1.70 bits per heavy atom. The Balaban J connectivity index is 2.11. The number of benzene rings is 1. The van der Waals surface area contributed by atoms with Crippen LogP contribution in [0.1, 0.15) is 37.9 Å². The van der Waals surface area contributed by atoms with Crippen molar-refractivity contribution in [2.75, 3.05) is 39.8 Å². The Morgan fingerprint density at radius 3 is 2.22 bits per heavy atom. The lowest BCUT2D eigenvalue weighted by Crippen LogP contribution is -3.27. The largest absolute Gasteiger partial charge is 0.349 e. The summed E-state index contributed by atoms with van der Waals surface area (Å²) in [6, 6.07) is 9.14. The Labute approximate surface area is 140 Å². The van der Waals surface area contributed by atoms with Gasteiger partial charge >= 0.3 is 0 Å². The molecular weight excluding hydrogens is 286 g/mol. The van der Waals surface area contributed by atoms with Crippen molar-refractivity contribution in [1.29, 1.82) is 0 Å².